The normalized spacial score (nSPS) is 12.2. The third kappa shape index (κ3) is 4.34. The lowest BCUT2D eigenvalue weighted by molar-refractivity contribution is 0.532. The Morgan fingerprint density at radius 2 is 1.92 bits per heavy atom. The molecule has 0 aliphatic heterocycles. The van der Waals surface area contributed by atoms with Gasteiger partial charge in [0.25, 0.3) is 0 Å². The minimum Gasteiger partial charge on any atom is -0.332 e. The number of halogens is 1. The van der Waals surface area contributed by atoms with Crippen LogP contribution in [-0.2, 0) is 23.0 Å². The van der Waals surface area contributed by atoms with E-state index < -0.39 is 10.0 Å². The van der Waals surface area contributed by atoms with E-state index in [0.717, 1.165) is 27.6 Å². The Labute approximate surface area is 162 Å². The van der Waals surface area contributed by atoms with E-state index >= 15 is 0 Å². The van der Waals surface area contributed by atoms with Crippen LogP contribution in [0.1, 0.15) is 19.4 Å². The van der Waals surface area contributed by atoms with Crippen molar-refractivity contribution in [3.05, 3.63) is 58.8 Å². The van der Waals surface area contributed by atoms with Crippen molar-refractivity contribution in [2.45, 2.75) is 31.7 Å². The Bertz CT molecular complexity index is 995. The van der Waals surface area contributed by atoms with Gasteiger partial charge in [0.05, 0.1) is 4.90 Å². The van der Waals surface area contributed by atoms with Crippen LogP contribution in [0.2, 0.25) is 0 Å². The van der Waals surface area contributed by atoms with Crippen LogP contribution >= 0.6 is 15.9 Å². The van der Waals surface area contributed by atoms with Gasteiger partial charge in [-0.1, -0.05) is 29.8 Å². The van der Waals surface area contributed by atoms with Crippen molar-refractivity contribution < 1.29 is 8.42 Å². The quantitative estimate of drug-likeness (QED) is 0.610. The first kappa shape index (κ1) is 19.1. The highest BCUT2D eigenvalue weighted by Crippen LogP contribution is 2.21. The number of sulfonamides is 1. The maximum Gasteiger partial charge on any atom is 0.240 e. The van der Waals surface area contributed by atoms with Gasteiger partial charge in [-0.05, 0) is 54.3 Å². The molecule has 2 aromatic heterocycles. The molecule has 0 unspecified atom stereocenters. The average molecular weight is 436 g/mol. The topological polar surface area (TPSA) is 64.0 Å². The van der Waals surface area contributed by atoms with Crippen LogP contribution in [0.3, 0.4) is 0 Å². The van der Waals surface area contributed by atoms with Crippen LogP contribution in [0.25, 0.3) is 11.0 Å². The molecule has 5 nitrogen and oxygen atoms in total. The number of hydrogen-bond donors (Lipinski definition) is 1. The molecule has 1 N–H and O–H groups in total. The lowest BCUT2D eigenvalue weighted by atomic mass is 10.2. The largest absolute Gasteiger partial charge is 0.332 e. The second-order valence-corrected chi connectivity index (χ2v) is 9.36. The molecule has 3 aromatic rings. The molecular weight excluding hydrogens is 414 g/mol. The molecule has 0 bridgehead atoms. The van der Waals surface area contributed by atoms with Crippen molar-refractivity contribution in [3.8, 4) is 0 Å². The van der Waals surface area contributed by atoms with Crippen LogP contribution in [-0.4, -0.2) is 24.5 Å². The highest BCUT2D eigenvalue weighted by molar-refractivity contribution is 9.10. The third-order valence-corrected chi connectivity index (χ3v) is 6.09. The van der Waals surface area contributed by atoms with Gasteiger partial charge in [-0.2, -0.15) is 0 Å². The standard InChI is InChI=1S/C19H22BrN3O2S/c1-14(2)12-23-13-15(18-4-3-10-21-19(18)23)9-11-22-26(24,25)17-7-5-16(20)6-8-17/h3-8,10,13-14,22H,9,11-12H2,1-2H3. The second-order valence-electron chi connectivity index (χ2n) is 6.68. The van der Waals surface area contributed by atoms with E-state index in [9.17, 15) is 8.42 Å². The fourth-order valence-corrected chi connectivity index (χ4v) is 4.24. The molecule has 7 heteroatoms. The van der Waals surface area contributed by atoms with Crippen LogP contribution in [0, 0.1) is 5.92 Å². The summed E-state index contributed by atoms with van der Waals surface area (Å²) in [6.45, 7) is 5.56. The van der Waals surface area contributed by atoms with E-state index in [1.807, 2.05) is 12.1 Å². The number of hydrogen-bond acceptors (Lipinski definition) is 3. The van der Waals surface area contributed by atoms with Crippen molar-refractivity contribution >= 4 is 37.0 Å². The van der Waals surface area contributed by atoms with Gasteiger partial charge in [0.2, 0.25) is 10.0 Å². The fraction of sp³-hybridized carbons (Fsp3) is 0.316. The van der Waals surface area contributed by atoms with Gasteiger partial charge in [-0.3, -0.25) is 0 Å². The van der Waals surface area contributed by atoms with Crippen molar-refractivity contribution in [2.24, 2.45) is 5.92 Å². The van der Waals surface area contributed by atoms with Gasteiger partial charge >= 0.3 is 0 Å². The summed E-state index contributed by atoms with van der Waals surface area (Å²) in [5.41, 5.74) is 2.05. The molecule has 0 radical (unpaired) electrons. The Kier molecular flexibility index (Phi) is 5.79. The lowest BCUT2D eigenvalue weighted by Gasteiger charge is -2.07. The highest BCUT2D eigenvalue weighted by atomic mass is 79.9. The van der Waals surface area contributed by atoms with E-state index in [4.69, 9.17) is 0 Å². The third-order valence-electron chi connectivity index (χ3n) is 4.09. The van der Waals surface area contributed by atoms with Gasteiger partial charge in [-0.15, -0.1) is 0 Å². The van der Waals surface area contributed by atoms with E-state index in [-0.39, 0.29) is 4.90 Å². The number of aromatic nitrogens is 2. The van der Waals surface area contributed by atoms with Gasteiger partial charge in [0.1, 0.15) is 5.65 Å². The van der Waals surface area contributed by atoms with E-state index in [0.29, 0.717) is 18.9 Å². The van der Waals surface area contributed by atoms with Crippen molar-refractivity contribution in [2.75, 3.05) is 6.54 Å². The minimum atomic E-state index is -3.51. The molecular formula is C19H22BrN3O2S. The Balaban J connectivity index is 1.74. The molecule has 0 amide bonds. The van der Waals surface area contributed by atoms with Crippen LogP contribution in [0.5, 0.6) is 0 Å². The van der Waals surface area contributed by atoms with Gasteiger partial charge in [0, 0.05) is 35.3 Å². The maximum absolute atomic E-state index is 12.4. The zero-order chi connectivity index (χ0) is 18.7. The summed E-state index contributed by atoms with van der Waals surface area (Å²) in [6.07, 6.45) is 4.49. The first-order valence-corrected chi connectivity index (χ1v) is 10.8. The molecule has 0 saturated heterocycles. The van der Waals surface area contributed by atoms with E-state index in [2.05, 4.69) is 50.2 Å². The molecule has 0 fully saturated rings. The zero-order valence-electron chi connectivity index (χ0n) is 14.8. The first-order chi connectivity index (χ1) is 12.4. The summed E-state index contributed by atoms with van der Waals surface area (Å²) < 4.78 is 30.5. The number of pyridine rings is 1. The number of nitrogens with zero attached hydrogens (tertiary/aromatic N) is 2. The molecule has 26 heavy (non-hydrogen) atoms. The summed E-state index contributed by atoms with van der Waals surface area (Å²) >= 11 is 3.31. The predicted octanol–water partition coefficient (Wildman–Crippen LogP) is 3.98. The minimum absolute atomic E-state index is 0.268. The number of nitrogens with one attached hydrogen (secondary N) is 1. The molecule has 1 aromatic carbocycles. The molecule has 0 atom stereocenters. The number of rotatable bonds is 7. The summed E-state index contributed by atoms with van der Waals surface area (Å²) in [4.78, 5) is 4.76. The van der Waals surface area contributed by atoms with Crippen LogP contribution in [0.4, 0.5) is 0 Å². The van der Waals surface area contributed by atoms with Crippen molar-refractivity contribution in [3.63, 3.8) is 0 Å². The zero-order valence-corrected chi connectivity index (χ0v) is 17.2. The summed E-state index contributed by atoms with van der Waals surface area (Å²) in [5.74, 6) is 0.511. The van der Waals surface area contributed by atoms with Crippen molar-refractivity contribution in [1.29, 1.82) is 0 Å². The molecule has 0 saturated carbocycles. The number of benzene rings is 1. The Hall–Kier alpha value is -1.70. The van der Waals surface area contributed by atoms with Crippen LogP contribution < -0.4 is 4.72 Å². The van der Waals surface area contributed by atoms with Gasteiger partial charge < -0.3 is 4.57 Å². The SMILES string of the molecule is CC(C)Cn1cc(CCNS(=O)(=O)c2ccc(Br)cc2)c2cccnc21. The van der Waals surface area contributed by atoms with Gasteiger partial charge in [-0.25, -0.2) is 18.1 Å². The maximum atomic E-state index is 12.4. The summed E-state index contributed by atoms with van der Waals surface area (Å²) in [7, 11) is -3.51. The predicted molar refractivity (Wildman–Crippen MR) is 108 cm³/mol. The molecule has 0 aliphatic carbocycles. The highest BCUT2D eigenvalue weighted by Gasteiger charge is 2.15. The molecule has 138 valence electrons. The first-order valence-electron chi connectivity index (χ1n) is 8.55. The van der Waals surface area contributed by atoms with Crippen molar-refractivity contribution in [1.82, 2.24) is 14.3 Å². The monoisotopic (exact) mass is 435 g/mol. The van der Waals surface area contributed by atoms with Gasteiger partial charge in [0.15, 0.2) is 0 Å². The molecule has 0 aliphatic rings. The average Bonchev–Trinajstić information content (AvgIpc) is 2.93. The fourth-order valence-electron chi connectivity index (χ4n) is 2.94. The molecule has 2 heterocycles. The molecule has 3 rings (SSSR count). The Morgan fingerprint density at radius 1 is 1.19 bits per heavy atom. The summed E-state index contributed by atoms with van der Waals surface area (Å²) in [5, 5.41) is 1.08. The molecule has 0 spiro atoms. The second kappa shape index (κ2) is 7.90. The van der Waals surface area contributed by atoms with E-state index in [1.165, 1.54) is 0 Å². The lowest BCUT2D eigenvalue weighted by Crippen LogP contribution is -2.25. The van der Waals surface area contributed by atoms with Crippen LogP contribution in [0.15, 0.2) is 58.2 Å². The summed E-state index contributed by atoms with van der Waals surface area (Å²) in [6, 6.07) is 10.6. The Morgan fingerprint density at radius 3 is 2.62 bits per heavy atom. The van der Waals surface area contributed by atoms with E-state index in [1.54, 1.807) is 30.5 Å². The number of fused-ring (bicyclic) bond motifs is 1. The smallest absolute Gasteiger partial charge is 0.240 e.